The Morgan fingerprint density at radius 1 is 1.25 bits per heavy atom. The van der Waals surface area contributed by atoms with Gasteiger partial charge in [-0.1, -0.05) is 30.3 Å². The van der Waals surface area contributed by atoms with Gasteiger partial charge in [0.1, 0.15) is 0 Å². The van der Waals surface area contributed by atoms with Gasteiger partial charge in [0.05, 0.1) is 19.1 Å². The van der Waals surface area contributed by atoms with Crippen LogP contribution in [0.25, 0.3) is 0 Å². The number of halogens is 2. The molecule has 1 aromatic rings. The van der Waals surface area contributed by atoms with Crippen LogP contribution in [0.1, 0.15) is 50.6 Å². The van der Waals surface area contributed by atoms with Gasteiger partial charge in [-0.2, -0.15) is 0 Å². The normalized spacial score (nSPS) is 18.6. The van der Waals surface area contributed by atoms with E-state index in [4.69, 9.17) is 4.74 Å². The first-order valence-electron chi connectivity index (χ1n) is 8.30. The topological polar surface area (TPSA) is 55.4 Å². The third-order valence-electron chi connectivity index (χ3n) is 4.28. The van der Waals surface area contributed by atoms with Gasteiger partial charge in [-0.05, 0) is 25.3 Å². The van der Waals surface area contributed by atoms with Crippen molar-refractivity contribution in [2.45, 2.75) is 51.0 Å². The maximum atomic E-state index is 13.2. The van der Waals surface area contributed by atoms with Crippen molar-refractivity contribution < 1.29 is 23.1 Å². The van der Waals surface area contributed by atoms with Crippen LogP contribution in [0.2, 0.25) is 0 Å². The highest BCUT2D eigenvalue weighted by Gasteiger charge is 2.37. The molecule has 1 N–H and O–H groups in total. The second-order valence-corrected chi connectivity index (χ2v) is 6.11. The predicted molar refractivity (Wildman–Crippen MR) is 85.5 cm³/mol. The lowest BCUT2D eigenvalue weighted by Crippen LogP contribution is -2.38. The number of benzene rings is 1. The van der Waals surface area contributed by atoms with Gasteiger partial charge in [0.2, 0.25) is 11.8 Å². The first-order valence-corrected chi connectivity index (χ1v) is 8.30. The van der Waals surface area contributed by atoms with Crippen molar-refractivity contribution >= 4 is 11.9 Å². The van der Waals surface area contributed by atoms with E-state index in [9.17, 15) is 18.4 Å². The number of nitrogens with one attached hydrogen (secondary N) is 1. The molecule has 1 aliphatic rings. The Morgan fingerprint density at radius 3 is 2.46 bits per heavy atom. The maximum Gasteiger partial charge on any atom is 0.308 e. The zero-order chi connectivity index (χ0) is 17.6. The Bertz CT molecular complexity index is 553. The number of amides is 1. The molecule has 1 aliphatic carbocycles. The van der Waals surface area contributed by atoms with Gasteiger partial charge in [0.15, 0.2) is 0 Å². The fourth-order valence-electron chi connectivity index (χ4n) is 2.92. The fourth-order valence-corrected chi connectivity index (χ4v) is 2.92. The molecule has 0 aromatic heterocycles. The average molecular weight is 339 g/mol. The van der Waals surface area contributed by atoms with E-state index >= 15 is 0 Å². The molecule has 24 heavy (non-hydrogen) atoms. The average Bonchev–Trinajstić information content (AvgIpc) is 2.55. The standard InChI is InChI=1S/C18H23F2NO3/c1-2-24-16(22)12-15(13-6-4-3-5-7-13)21-17(23)14-8-10-18(19,20)11-9-14/h3-7,14-15H,2,8-12H2,1H3,(H,21,23). The molecule has 132 valence electrons. The van der Waals surface area contributed by atoms with E-state index < -0.39 is 23.9 Å². The molecule has 0 heterocycles. The number of hydrogen-bond donors (Lipinski definition) is 1. The highest BCUT2D eigenvalue weighted by molar-refractivity contribution is 5.80. The number of carbonyl (C=O) groups is 2. The quantitative estimate of drug-likeness (QED) is 0.805. The van der Waals surface area contributed by atoms with Crippen LogP contribution in [0.15, 0.2) is 30.3 Å². The molecule has 2 rings (SSSR count). The van der Waals surface area contributed by atoms with E-state index in [-0.39, 0.29) is 44.6 Å². The number of ether oxygens (including phenoxy) is 1. The molecule has 0 aliphatic heterocycles. The Labute approximate surface area is 140 Å². The molecule has 1 unspecified atom stereocenters. The van der Waals surface area contributed by atoms with Gasteiger partial charge in [-0.25, -0.2) is 8.78 Å². The summed E-state index contributed by atoms with van der Waals surface area (Å²) in [6, 6.07) is 8.61. The van der Waals surface area contributed by atoms with Gasteiger partial charge in [-0.15, -0.1) is 0 Å². The van der Waals surface area contributed by atoms with Crippen molar-refractivity contribution in [3.8, 4) is 0 Å². The summed E-state index contributed by atoms with van der Waals surface area (Å²) in [5, 5.41) is 2.84. The van der Waals surface area contributed by atoms with E-state index in [1.54, 1.807) is 6.92 Å². The summed E-state index contributed by atoms with van der Waals surface area (Å²) in [5.74, 6) is -3.77. The number of alkyl halides is 2. The van der Waals surface area contributed by atoms with E-state index in [2.05, 4.69) is 5.32 Å². The summed E-state index contributed by atoms with van der Waals surface area (Å²) >= 11 is 0. The Morgan fingerprint density at radius 2 is 1.88 bits per heavy atom. The molecule has 6 heteroatoms. The molecule has 0 spiro atoms. The highest BCUT2D eigenvalue weighted by Crippen LogP contribution is 2.36. The number of esters is 1. The lowest BCUT2D eigenvalue weighted by Gasteiger charge is -2.29. The summed E-state index contributed by atoms with van der Waals surface area (Å²) in [5.41, 5.74) is 0.792. The van der Waals surface area contributed by atoms with E-state index in [1.807, 2.05) is 30.3 Å². The van der Waals surface area contributed by atoms with Crippen molar-refractivity contribution in [2.24, 2.45) is 5.92 Å². The monoisotopic (exact) mass is 339 g/mol. The SMILES string of the molecule is CCOC(=O)CC(NC(=O)C1CCC(F)(F)CC1)c1ccccc1. The summed E-state index contributed by atoms with van der Waals surface area (Å²) in [7, 11) is 0. The largest absolute Gasteiger partial charge is 0.466 e. The zero-order valence-corrected chi connectivity index (χ0v) is 13.8. The predicted octanol–water partition coefficient (Wildman–Crippen LogP) is 3.62. The van der Waals surface area contributed by atoms with Gasteiger partial charge >= 0.3 is 5.97 Å². The molecular formula is C18H23F2NO3. The maximum absolute atomic E-state index is 13.2. The second kappa shape index (κ2) is 8.22. The van der Waals surface area contributed by atoms with Crippen LogP contribution < -0.4 is 5.32 Å². The minimum Gasteiger partial charge on any atom is -0.466 e. The summed E-state index contributed by atoms with van der Waals surface area (Å²) in [6.07, 6.45) is -0.177. The minimum absolute atomic E-state index is 0.0203. The molecule has 1 atom stereocenters. The van der Waals surface area contributed by atoms with Crippen molar-refractivity contribution in [3.63, 3.8) is 0 Å². The van der Waals surface area contributed by atoms with Crippen molar-refractivity contribution in [1.82, 2.24) is 5.32 Å². The Balaban J connectivity index is 2.02. The zero-order valence-electron chi connectivity index (χ0n) is 13.8. The fraction of sp³-hybridized carbons (Fsp3) is 0.556. The van der Waals surface area contributed by atoms with E-state index in [0.29, 0.717) is 0 Å². The number of rotatable bonds is 6. The third kappa shape index (κ3) is 5.28. The highest BCUT2D eigenvalue weighted by atomic mass is 19.3. The van der Waals surface area contributed by atoms with E-state index in [1.165, 1.54) is 0 Å². The lowest BCUT2D eigenvalue weighted by atomic mass is 9.86. The van der Waals surface area contributed by atoms with Crippen LogP contribution in [-0.4, -0.2) is 24.4 Å². The van der Waals surface area contributed by atoms with Crippen molar-refractivity contribution in [3.05, 3.63) is 35.9 Å². The van der Waals surface area contributed by atoms with Crippen LogP contribution in [-0.2, 0) is 14.3 Å². The van der Waals surface area contributed by atoms with Crippen LogP contribution in [0.5, 0.6) is 0 Å². The van der Waals surface area contributed by atoms with Gasteiger partial charge in [-0.3, -0.25) is 9.59 Å². The minimum atomic E-state index is -2.67. The first kappa shape index (κ1) is 18.4. The molecule has 0 bridgehead atoms. The van der Waals surface area contributed by atoms with Gasteiger partial charge in [0, 0.05) is 18.8 Å². The van der Waals surface area contributed by atoms with Crippen molar-refractivity contribution in [2.75, 3.05) is 6.61 Å². The van der Waals surface area contributed by atoms with Gasteiger partial charge in [0.25, 0.3) is 0 Å². The third-order valence-corrected chi connectivity index (χ3v) is 4.28. The summed E-state index contributed by atoms with van der Waals surface area (Å²) in [6.45, 7) is 1.99. The van der Waals surface area contributed by atoms with Crippen LogP contribution in [0.4, 0.5) is 8.78 Å². The molecule has 1 fully saturated rings. The second-order valence-electron chi connectivity index (χ2n) is 6.11. The molecule has 1 amide bonds. The summed E-state index contributed by atoms with van der Waals surface area (Å²) < 4.78 is 31.4. The summed E-state index contributed by atoms with van der Waals surface area (Å²) in [4.78, 5) is 24.2. The number of carbonyl (C=O) groups excluding carboxylic acids is 2. The van der Waals surface area contributed by atoms with Crippen LogP contribution in [0.3, 0.4) is 0 Å². The van der Waals surface area contributed by atoms with Crippen LogP contribution >= 0.6 is 0 Å². The van der Waals surface area contributed by atoms with Crippen molar-refractivity contribution in [1.29, 1.82) is 0 Å². The Hall–Kier alpha value is -1.98. The van der Waals surface area contributed by atoms with E-state index in [0.717, 1.165) is 5.56 Å². The number of hydrogen-bond acceptors (Lipinski definition) is 3. The molecule has 1 aromatic carbocycles. The molecule has 0 saturated heterocycles. The first-order chi connectivity index (χ1) is 11.4. The molecule has 0 radical (unpaired) electrons. The molecular weight excluding hydrogens is 316 g/mol. The molecule has 4 nitrogen and oxygen atoms in total. The van der Waals surface area contributed by atoms with Crippen LogP contribution in [0, 0.1) is 5.92 Å². The molecule has 1 saturated carbocycles. The lowest BCUT2D eigenvalue weighted by molar-refractivity contribution is -0.144. The van der Waals surface area contributed by atoms with Gasteiger partial charge < -0.3 is 10.1 Å². The Kier molecular flexibility index (Phi) is 6.29. The smallest absolute Gasteiger partial charge is 0.308 e.